The lowest BCUT2D eigenvalue weighted by molar-refractivity contribution is 0.647. The molecule has 0 aliphatic carbocycles. The van der Waals surface area contributed by atoms with E-state index in [-0.39, 0.29) is 0 Å². The Hall–Kier alpha value is -2.41. The minimum atomic E-state index is 0.659. The molecule has 37 heavy (non-hydrogen) atoms. The molecule has 0 N–H and O–H groups in total. The lowest BCUT2D eigenvalue weighted by Crippen LogP contribution is -1.92. The molecular weight excluding hydrogens is 446 g/mol. The molecule has 3 rings (SSSR count). The first-order chi connectivity index (χ1) is 17.3. The number of pyridine rings is 1. The third-order valence-corrected chi connectivity index (χ3v) is 3.52. The zero-order valence-corrected chi connectivity index (χ0v) is 26.7. The standard InChI is InChI=1S/C10H14.C9H12.C5H5N.3C4H10/c1-9(2)8-10-6-4-3-5-7-10;1-8(2)9-6-4-3-5-7-9;1-2-4-6-5-3-1;3*1-4(2)3/h3-7,9H,8H2,1-2H3;3-8H,1-2H3;1-5H;3*4H,1-3H3. The van der Waals surface area contributed by atoms with Crippen molar-refractivity contribution in [3.63, 3.8) is 0 Å². The number of aromatic nitrogens is 1. The van der Waals surface area contributed by atoms with Gasteiger partial charge in [-0.1, -0.05) is 157 Å². The molecule has 0 saturated carbocycles. The molecule has 1 heteroatoms. The molecule has 0 unspecified atom stereocenters. The van der Waals surface area contributed by atoms with Crippen LogP contribution in [0.1, 0.15) is 107 Å². The first-order valence-corrected chi connectivity index (χ1v) is 14.2. The Bertz CT molecular complexity index is 710. The molecule has 0 atom stereocenters. The lowest BCUT2D eigenvalue weighted by Gasteiger charge is -2.02. The second kappa shape index (κ2) is 28.2. The number of benzene rings is 2. The van der Waals surface area contributed by atoms with Crippen LogP contribution in [0.4, 0.5) is 0 Å². The predicted molar refractivity (Wildman–Crippen MR) is 171 cm³/mol. The zero-order valence-electron chi connectivity index (χ0n) is 26.7. The van der Waals surface area contributed by atoms with E-state index in [2.05, 4.69) is 150 Å². The van der Waals surface area contributed by atoms with Gasteiger partial charge in [-0.2, -0.15) is 0 Å². The van der Waals surface area contributed by atoms with E-state index in [1.165, 1.54) is 17.5 Å². The Morgan fingerprint density at radius 1 is 0.459 bits per heavy atom. The fourth-order valence-electron chi connectivity index (χ4n) is 2.24. The summed E-state index contributed by atoms with van der Waals surface area (Å²) in [7, 11) is 0. The second-order valence-electron chi connectivity index (χ2n) is 11.9. The molecule has 0 saturated heterocycles. The van der Waals surface area contributed by atoms with E-state index < -0.39 is 0 Å². The van der Waals surface area contributed by atoms with Crippen molar-refractivity contribution in [1.29, 1.82) is 0 Å². The van der Waals surface area contributed by atoms with Gasteiger partial charge in [-0.05, 0) is 59.3 Å². The van der Waals surface area contributed by atoms with E-state index in [1.807, 2.05) is 24.3 Å². The Balaban J connectivity index is -0.000000394. The Morgan fingerprint density at radius 3 is 1.00 bits per heavy atom. The van der Waals surface area contributed by atoms with Crippen LogP contribution in [0.5, 0.6) is 0 Å². The SMILES string of the molecule is CC(C)C.CC(C)C.CC(C)C.CC(C)Cc1ccccc1.CC(C)c1ccccc1.c1ccncc1. The Labute approximate surface area is 233 Å². The fourth-order valence-corrected chi connectivity index (χ4v) is 2.24. The van der Waals surface area contributed by atoms with E-state index in [4.69, 9.17) is 0 Å². The van der Waals surface area contributed by atoms with Gasteiger partial charge in [0.25, 0.3) is 0 Å². The Kier molecular flexibility index (Phi) is 29.8. The highest BCUT2D eigenvalue weighted by atomic mass is 14.6. The van der Waals surface area contributed by atoms with Gasteiger partial charge in [0, 0.05) is 12.4 Å². The van der Waals surface area contributed by atoms with Crippen LogP contribution in [0.3, 0.4) is 0 Å². The maximum atomic E-state index is 3.78. The molecule has 0 amide bonds. The van der Waals surface area contributed by atoms with Gasteiger partial charge in [-0.25, -0.2) is 0 Å². The van der Waals surface area contributed by atoms with Crippen molar-refractivity contribution in [2.45, 2.75) is 102 Å². The molecule has 0 radical (unpaired) electrons. The van der Waals surface area contributed by atoms with Crippen LogP contribution < -0.4 is 0 Å². The van der Waals surface area contributed by atoms with Crippen molar-refractivity contribution < 1.29 is 0 Å². The molecule has 1 heterocycles. The fraction of sp³-hybridized carbons (Fsp3) is 0.528. The molecule has 0 aliphatic heterocycles. The average molecular weight is 508 g/mol. The molecule has 210 valence electrons. The number of hydrogen-bond donors (Lipinski definition) is 0. The summed E-state index contributed by atoms with van der Waals surface area (Å²) in [6.45, 7) is 28.4. The predicted octanol–water partition coefficient (Wildman–Crippen LogP) is 11.8. The van der Waals surface area contributed by atoms with Crippen LogP contribution in [0, 0.1) is 23.7 Å². The molecule has 0 aliphatic rings. The normalized spacial score (nSPS) is 9.46. The molecule has 3 aromatic rings. The van der Waals surface area contributed by atoms with Crippen LogP contribution >= 0.6 is 0 Å². The van der Waals surface area contributed by atoms with Gasteiger partial charge in [0.1, 0.15) is 0 Å². The van der Waals surface area contributed by atoms with Crippen LogP contribution in [0.25, 0.3) is 0 Å². The van der Waals surface area contributed by atoms with Crippen LogP contribution in [0.15, 0.2) is 91.3 Å². The van der Waals surface area contributed by atoms with Crippen molar-refractivity contribution in [1.82, 2.24) is 4.98 Å². The largest absolute Gasteiger partial charge is 0.265 e. The smallest absolute Gasteiger partial charge is 0.0267 e. The van der Waals surface area contributed by atoms with Crippen LogP contribution in [0.2, 0.25) is 0 Å². The van der Waals surface area contributed by atoms with Gasteiger partial charge >= 0.3 is 0 Å². The maximum Gasteiger partial charge on any atom is 0.0267 e. The van der Waals surface area contributed by atoms with Gasteiger partial charge in [0.05, 0.1) is 0 Å². The number of hydrogen-bond acceptors (Lipinski definition) is 1. The average Bonchev–Trinajstić information content (AvgIpc) is 2.81. The summed E-state index contributed by atoms with van der Waals surface area (Å²) in [5, 5.41) is 0. The van der Waals surface area contributed by atoms with Crippen molar-refractivity contribution in [3.05, 3.63) is 102 Å². The van der Waals surface area contributed by atoms with Crippen molar-refractivity contribution >= 4 is 0 Å². The Morgan fingerprint density at radius 2 is 0.784 bits per heavy atom. The van der Waals surface area contributed by atoms with E-state index in [1.54, 1.807) is 12.4 Å². The van der Waals surface area contributed by atoms with Crippen LogP contribution in [-0.4, -0.2) is 4.98 Å². The zero-order chi connectivity index (χ0) is 29.1. The molecule has 1 nitrogen and oxygen atoms in total. The summed E-state index contributed by atoms with van der Waals surface area (Å²) < 4.78 is 0. The van der Waals surface area contributed by atoms with Crippen molar-refractivity contribution in [3.8, 4) is 0 Å². The third kappa shape index (κ3) is 44.0. The summed E-state index contributed by atoms with van der Waals surface area (Å²) in [4.78, 5) is 3.78. The van der Waals surface area contributed by atoms with Crippen molar-refractivity contribution in [2.24, 2.45) is 23.7 Å². The highest BCUT2D eigenvalue weighted by Crippen LogP contribution is 2.11. The van der Waals surface area contributed by atoms with E-state index in [9.17, 15) is 0 Å². The quantitative estimate of drug-likeness (QED) is 0.343. The maximum absolute atomic E-state index is 3.78. The first-order valence-electron chi connectivity index (χ1n) is 14.2. The summed E-state index contributed by atoms with van der Waals surface area (Å²) in [6, 6.07) is 26.8. The number of rotatable bonds is 3. The summed E-state index contributed by atoms with van der Waals surface area (Å²) in [6.07, 6.45) is 4.70. The second-order valence-corrected chi connectivity index (χ2v) is 11.9. The molecule has 2 aromatic carbocycles. The van der Waals surface area contributed by atoms with Crippen molar-refractivity contribution in [2.75, 3.05) is 0 Å². The third-order valence-electron chi connectivity index (χ3n) is 3.52. The number of nitrogens with zero attached hydrogens (tertiary/aromatic N) is 1. The lowest BCUT2D eigenvalue weighted by atomic mass is 10.0. The summed E-state index contributed by atoms with van der Waals surface area (Å²) >= 11 is 0. The molecule has 0 fully saturated rings. The van der Waals surface area contributed by atoms with Gasteiger partial charge < -0.3 is 0 Å². The monoisotopic (exact) mass is 507 g/mol. The molecule has 1 aromatic heterocycles. The topological polar surface area (TPSA) is 12.9 Å². The van der Waals surface area contributed by atoms with Gasteiger partial charge in [0.15, 0.2) is 0 Å². The van der Waals surface area contributed by atoms with Gasteiger partial charge in [0.2, 0.25) is 0 Å². The molecular formula is C36H61N. The summed E-state index contributed by atoms with van der Waals surface area (Å²) in [5.74, 6) is 3.92. The van der Waals surface area contributed by atoms with E-state index in [0.717, 1.165) is 23.7 Å². The highest BCUT2D eigenvalue weighted by molar-refractivity contribution is 5.17. The summed E-state index contributed by atoms with van der Waals surface area (Å²) in [5.41, 5.74) is 2.86. The first kappa shape index (κ1) is 39.1. The minimum Gasteiger partial charge on any atom is -0.265 e. The van der Waals surface area contributed by atoms with Crippen LogP contribution in [-0.2, 0) is 6.42 Å². The van der Waals surface area contributed by atoms with E-state index >= 15 is 0 Å². The highest BCUT2D eigenvalue weighted by Gasteiger charge is 1.94. The molecule has 0 spiro atoms. The minimum absolute atomic E-state index is 0.659. The van der Waals surface area contributed by atoms with Gasteiger partial charge in [-0.3, -0.25) is 4.98 Å². The van der Waals surface area contributed by atoms with Gasteiger partial charge in [-0.15, -0.1) is 0 Å². The van der Waals surface area contributed by atoms with E-state index in [0.29, 0.717) is 5.92 Å². The molecule has 0 bridgehead atoms.